The van der Waals surface area contributed by atoms with Crippen LogP contribution in [0.15, 0.2) is 16.6 Å². The van der Waals surface area contributed by atoms with Crippen LogP contribution in [0.3, 0.4) is 0 Å². The first-order chi connectivity index (χ1) is 8.84. The number of rotatable bonds is 2. The Hall–Kier alpha value is -1.20. The molecule has 0 saturated carbocycles. The number of hydrogen-bond acceptors (Lipinski definition) is 2. The first kappa shape index (κ1) is 14.2. The molecule has 0 radical (unpaired) electrons. The highest BCUT2D eigenvalue weighted by molar-refractivity contribution is 9.10. The predicted molar refractivity (Wildman–Crippen MR) is 75.2 cm³/mol. The minimum Gasteiger partial charge on any atom is -0.288 e. The zero-order valence-electron chi connectivity index (χ0n) is 10.6. The van der Waals surface area contributed by atoms with Crippen molar-refractivity contribution in [2.24, 2.45) is 7.05 Å². The molecule has 0 spiro atoms. The molecule has 2 rings (SSSR count). The van der Waals surface area contributed by atoms with Gasteiger partial charge in [0.15, 0.2) is 11.6 Å². The first-order valence-electron chi connectivity index (χ1n) is 5.53. The molecule has 1 heterocycles. The molecule has 0 saturated heterocycles. The summed E-state index contributed by atoms with van der Waals surface area (Å²) in [6.07, 6.45) is 0. The van der Waals surface area contributed by atoms with Crippen LogP contribution in [-0.4, -0.2) is 15.6 Å². The normalized spacial score (nSPS) is 10.8. The summed E-state index contributed by atoms with van der Waals surface area (Å²) in [7, 11) is 1.74. The van der Waals surface area contributed by atoms with Crippen LogP contribution in [0.1, 0.15) is 27.3 Å². The Kier molecular flexibility index (Phi) is 3.78. The number of halogens is 3. The largest absolute Gasteiger partial charge is 0.288 e. The predicted octanol–water partition coefficient (Wildman–Crippen LogP) is 3.82. The summed E-state index contributed by atoms with van der Waals surface area (Å²) in [4.78, 5) is 12.4. The molecule has 2 aromatic rings. The Morgan fingerprint density at radius 1 is 1.42 bits per heavy atom. The summed E-state index contributed by atoms with van der Waals surface area (Å²) in [5.74, 6) is -1.13. The van der Waals surface area contributed by atoms with Crippen molar-refractivity contribution in [2.45, 2.75) is 13.8 Å². The van der Waals surface area contributed by atoms with Gasteiger partial charge in [-0.15, -0.1) is 0 Å². The second-order valence-corrected chi connectivity index (χ2v) is 5.45. The number of nitrogens with zero attached hydrogens (tertiary/aromatic N) is 2. The molecule has 1 aromatic carbocycles. The maximum Gasteiger partial charge on any atom is 0.199 e. The second-order valence-electron chi connectivity index (χ2n) is 4.22. The number of hydrogen-bond donors (Lipinski definition) is 0. The highest BCUT2D eigenvalue weighted by atomic mass is 79.9. The van der Waals surface area contributed by atoms with Gasteiger partial charge in [0.1, 0.15) is 0 Å². The summed E-state index contributed by atoms with van der Waals surface area (Å²) < 4.78 is 16.1. The van der Waals surface area contributed by atoms with E-state index in [1.54, 1.807) is 31.6 Å². The van der Waals surface area contributed by atoms with E-state index in [9.17, 15) is 9.18 Å². The van der Waals surface area contributed by atoms with Crippen molar-refractivity contribution >= 4 is 33.3 Å². The van der Waals surface area contributed by atoms with Gasteiger partial charge in [0.2, 0.25) is 0 Å². The second kappa shape index (κ2) is 5.06. The van der Waals surface area contributed by atoms with Crippen LogP contribution in [0.5, 0.6) is 0 Å². The molecule has 0 bridgehead atoms. The molecule has 0 aliphatic heterocycles. The number of carbonyl (C=O) groups excluding carboxylic acids is 1. The highest BCUT2D eigenvalue weighted by Crippen LogP contribution is 2.29. The third-order valence-electron chi connectivity index (χ3n) is 3.02. The molecule has 0 amide bonds. The van der Waals surface area contributed by atoms with Gasteiger partial charge in [-0.25, -0.2) is 4.39 Å². The average Bonchev–Trinajstić information content (AvgIpc) is 2.60. The van der Waals surface area contributed by atoms with E-state index in [4.69, 9.17) is 11.6 Å². The quantitative estimate of drug-likeness (QED) is 0.612. The maximum atomic E-state index is 14.1. The van der Waals surface area contributed by atoms with Crippen molar-refractivity contribution < 1.29 is 9.18 Å². The standard InChI is InChI=1S/C13H11BrClFN2O/c1-6-10(7(2)18(3)17-6)13(19)8-4-5-9(14)11(15)12(8)16/h4-5H,1-3H3. The summed E-state index contributed by atoms with van der Waals surface area (Å²) in [5.41, 5.74) is 1.64. The maximum absolute atomic E-state index is 14.1. The van der Waals surface area contributed by atoms with Crippen LogP contribution in [0.25, 0.3) is 0 Å². The Morgan fingerprint density at radius 3 is 2.58 bits per heavy atom. The van der Waals surface area contributed by atoms with Crippen LogP contribution in [0.4, 0.5) is 4.39 Å². The van der Waals surface area contributed by atoms with Crippen molar-refractivity contribution in [1.29, 1.82) is 0 Å². The number of aromatic nitrogens is 2. The third-order valence-corrected chi connectivity index (χ3v) is 4.27. The zero-order chi connectivity index (χ0) is 14.3. The van der Waals surface area contributed by atoms with E-state index in [1.807, 2.05) is 0 Å². The Morgan fingerprint density at radius 2 is 2.05 bits per heavy atom. The summed E-state index contributed by atoms with van der Waals surface area (Å²) >= 11 is 8.92. The zero-order valence-corrected chi connectivity index (χ0v) is 12.9. The van der Waals surface area contributed by atoms with Gasteiger partial charge in [0.05, 0.1) is 21.8 Å². The highest BCUT2D eigenvalue weighted by Gasteiger charge is 2.23. The molecule has 100 valence electrons. The van der Waals surface area contributed by atoms with Gasteiger partial charge in [0.25, 0.3) is 0 Å². The molecule has 19 heavy (non-hydrogen) atoms. The van der Waals surface area contributed by atoms with Crippen molar-refractivity contribution in [3.63, 3.8) is 0 Å². The minimum atomic E-state index is -0.719. The molecule has 0 N–H and O–H groups in total. The summed E-state index contributed by atoms with van der Waals surface area (Å²) in [5, 5.41) is 4.07. The fourth-order valence-electron chi connectivity index (χ4n) is 1.94. The SMILES string of the molecule is Cc1nn(C)c(C)c1C(=O)c1ccc(Br)c(Cl)c1F. The van der Waals surface area contributed by atoms with Gasteiger partial charge in [0, 0.05) is 17.2 Å². The van der Waals surface area contributed by atoms with Crippen LogP contribution < -0.4 is 0 Å². The molecule has 3 nitrogen and oxygen atoms in total. The van der Waals surface area contributed by atoms with Gasteiger partial charge >= 0.3 is 0 Å². The number of aryl methyl sites for hydroxylation is 2. The van der Waals surface area contributed by atoms with Crippen molar-refractivity contribution in [1.82, 2.24) is 9.78 Å². The fraction of sp³-hybridized carbons (Fsp3) is 0.231. The van der Waals surface area contributed by atoms with E-state index in [2.05, 4.69) is 21.0 Å². The van der Waals surface area contributed by atoms with E-state index < -0.39 is 11.6 Å². The monoisotopic (exact) mass is 344 g/mol. The number of carbonyl (C=O) groups is 1. The molecule has 0 unspecified atom stereocenters. The van der Waals surface area contributed by atoms with Crippen LogP contribution in [0.2, 0.25) is 5.02 Å². The lowest BCUT2D eigenvalue weighted by atomic mass is 10.0. The topological polar surface area (TPSA) is 34.9 Å². The lowest BCUT2D eigenvalue weighted by Crippen LogP contribution is -2.07. The lowest BCUT2D eigenvalue weighted by molar-refractivity contribution is 0.103. The van der Waals surface area contributed by atoms with Crippen molar-refractivity contribution in [2.75, 3.05) is 0 Å². The molecular weight excluding hydrogens is 335 g/mol. The number of ketones is 1. The molecule has 1 aromatic heterocycles. The molecule has 0 atom stereocenters. The van der Waals surface area contributed by atoms with E-state index in [0.717, 1.165) is 0 Å². The van der Waals surface area contributed by atoms with E-state index >= 15 is 0 Å². The van der Waals surface area contributed by atoms with Crippen molar-refractivity contribution in [3.8, 4) is 0 Å². The number of benzene rings is 1. The van der Waals surface area contributed by atoms with Crippen molar-refractivity contribution in [3.05, 3.63) is 50.0 Å². The summed E-state index contributed by atoms with van der Waals surface area (Å²) in [6.45, 7) is 3.49. The van der Waals surface area contributed by atoms with Gasteiger partial charge < -0.3 is 0 Å². The molecule has 6 heteroatoms. The summed E-state index contributed by atoms with van der Waals surface area (Å²) in [6, 6.07) is 2.97. The van der Waals surface area contributed by atoms with Gasteiger partial charge in [-0.3, -0.25) is 9.48 Å². The van der Waals surface area contributed by atoms with Gasteiger partial charge in [-0.1, -0.05) is 11.6 Å². The van der Waals surface area contributed by atoms with E-state index in [1.165, 1.54) is 6.07 Å². The van der Waals surface area contributed by atoms with Gasteiger partial charge in [-0.2, -0.15) is 5.10 Å². The Bertz CT molecular complexity index is 682. The average molecular weight is 346 g/mol. The fourth-order valence-corrected chi connectivity index (χ4v) is 2.41. The van der Waals surface area contributed by atoms with Crippen LogP contribution in [0, 0.1) is 19.7 Å². The smallest absolute Gasteiger partial charge is 0.199 e. The van der Waals surface area contributed by atoms with Crippen LogP contribution >= 0.6 is 27.5 Å². The Labute approximate surface area is 123 Å². The Balaban J connectivity index is 2.60. The first-order valence-corrected chi connectivity index (χ1v) is 6.70. The molecule has 0 aliphatic carbocycles. The van der Waals surface area contributed by atoms with Crippen LogP contribution in [-0.2, 0) is 7.05 Å². The molecular formula is C13H11BrClFN2O. The third kappa shape index (κ3) is 2.32. The van der Waals surface area contributed by atoms with E-state index in [-0.39, 0.29) is 10.6 Å². The molecule has 0 fully saturated rings. The van der Waals surface area contributed by atoms with E-state index in [0.29, 0.717) is 21.4 Å². The minimum absolute atomic E-state index is 0.0487. The van der Waals surface area contributed by atoms with Gasteiger partial charge in [-0.05, 0) is 41.9 Å². The lowest BCUT2D eigenvalue weighted by Gasteiger charge is -2.06. The molecule has 0 aliphatic rings.